The van der Waals surface area contributed by atoms with Crippen LogP contribution in [0.2, 0.25) is 0 Å². The molecule has 0 spiro atoms. The van der Waals surface area contributed by atoms with Gasteiger partial charge in [-0.1, -0.05) is 64.7 Å². The maximum atomic E-state index is 9.20. The van der Waals surface area contributed by atoms with Gasteiger partial charge in [0.1, 0.15) is 6.07 Å². The fourth-order valence-corrected chi connectivity index (χ4v) is 5.83. The third-order valence-corrected chi connectivity index (χ3v) is 7.62. The summed E-state index contributed by atoms with van der Waals surface area (Å²) < 4.78 is 1.23. The van der Waals surface area contributed by atoms with Crippen LogP contribution in [0.25, 0.3) is 9.75 Å². The zero-order chi connectivity index (χ0) is 17.9. The van der Waals surface area contributed by atoms with E-state index in [-0.39, 0.29) is 0 Å². The number of nitrogens with zero attached hydrogens (tertiary/aromatic N) is 1. The van der Waals surface area contributed by atoms with E-state index in [9.17, 15) is 5.26 Å². The molecule has 0 aliphatic heterocycles. The lowest BCUT2D eigenvalue weighted by molar-refractivity contribution is 0.556. The lowest BCUT2D eigenvalue weighted by atomic mass is 10.0. The average molecular weight is 439 g/mol. The number of hydrogen-bond donors (Lipinski definition) is 0. The van der Waals surface area contributed by atoms with Gasteiger partial charge in [-0.05, 0) is 51.8 Å². The van der Waals surface area contributed by atoms with Crippen molar-refractivity contribution in [2.45, 2.75) is 77.6 Å². The molecule has 2 aromatic heterocycles. The van der Waals surface area contributed by atoms with Crippen molar-refractivity contribution in [3.05, 3.63) is 32.4 Å². The fourth-order valence-electron chi connectivity index (χ4n) is 3.08. The van der Waals surface area contributed by atoms with Crippen LogP contribution in [0.1, 0.15) is 82.3 Å². The van der Waals surface area contributed by atoms with E-state index in [1.165, 1.54) is 78.4 Å². The summed E-state index contributed by atoms with van der Waals surface area (Å²) in [4.78, 5) is 2.34. The van der Waals surface area contributed by atoms with Crippen molar-refractivity contribution in [3.8, 4) is 15.8 Å². The number of rotatable bonds is 12. The molecule has 0 saturated carbocycles. The van der Waals surface area contributed by atoms with Gasteiger partial charge in [0.25, 0.3) is 0 Å². The molecule has 0 radical (unpaired) electrons. The third-order valence-electron chi connectivity index (χ3n) is 4.57. The normalized spacial score (nSPS) is 10.9. The largest absolute Gasteiger partial charge is 0.192 e. The molecular formula is C21H28BrNS2. The predicted molar refractivity (Wildman–Crippen MR) is 116 cm³/mol. The smallest absolute Gasteiger partial charge is 0.101 e. The molecule has 0 fully saturated rings. The topological polar surface area (TPSA) is 23.8 Å². The van der Waals surface area contributed by atoms with Crippen LogP contribution in [0, 0.1) is 11.3 Å². The number of hydrogen-bond acceptors (Lipinski definition) is 3. The van der Waals surface area contributed by atoms with Gasteiger partial charge in [-0.15, -0.1) is 22.7 Å². The summed E-state index contributed by atoms with van der Waals surface area (Å²) in [6.45, 7) is 2.28. The standard InChI is InChI=1S/C21H28BrNS2/c1-2-3-4-5-6-7-8-9-10-11-12-17-15-19(25-21(17)22)20-18(16-23)13-14-24-20/h13-15H,2-12H2,1H3. The monoisotopic (exact) mass is 437 g/mol. The number of nitriles is 1. The summed E-state index contributed by atoms with van der Waals surface area (Å²) in [6.07, 6.45) is 14.9. The van der Waals surface area contributed by atoms with Crippen LogP contribution in [0.3, 0.4) is 0 Å². The van der Waals surface area contributed by atoms with Crippen molar-refractivity contribution in [2.24, 2.45) is 0 Å². The van der Waals surface area contributed by atoms with Crippen LogP contribution >= 0.6 is 38.6 Å². The summed E-state index contributed by atoms with van der Waals surface area (Å²) in [5.41, 5.74) is 2.20. The van der Waals surface area contributed by atoms with Crippen LogP contribution in [-0.4, -0.2) is 0 Å². The van der Waals surface area contributed by atoms with Crippen molar-refractivity contribution in [1.82, 2.24) is 0 Å². The Morgan fingerprint density at radius 1 is 1.00 bits per heavy atom. The van der Waals surface area contributed by atoms with Crippen LogP contribution < -0.4 is 0 Å². The first kappa shape index (κ1) is 20.7. The number of halogens is 1. The van der Waals surface area contributed by atoms with Gasteiger partial charge in [-0.2, -0.15) is 5.26 Å². The second-order valence-corrected chi connectivity index (χ2v) is 9.90. The van der Waals surface area contributed by atoms with E-state index in [1.54, 1.807) is 22.7 Å². The summed E-state index contributed by atoms with van der Waals surface area (Å²) in [7, 11) is 0. The second kappa shape index (κ2) is 11.9. The van der Waals surface area contributed by atoms with Crippen molar-refractivity contribution < 1.29 is 0 Å². The minimum absolute atomic E-state index is 0.796. The Morgan fingerprint density at radius 3 is 2.28 bits per heavy atom. The highest BCUT2D eigenvalue weighted by molar-refractivity contribution is 9.11. The highest BCUT2D eigenvalue weighted by Gasteiger charge is 2.12. The van der Waals surface area contributed by atoms with Crippen molar-refractivity contribution in [1.29, 1.82) is 5.26 Å². The maximum absolute atomic E-state index is 9.20. The van der Waals surface area contributed by atoms with Gasteiger partial charge in [0.15, 0.2) is 0 Å². The molecule has 0 bridgehead atoms. The Hall–Kier alpha value is -0.630. The Morgan fingerprint density at radius 2 is 1.64 bits per heavy atom. The Labute approximate surface area is 169 Å². The molecule has 25 heavy (non-hydrogen) atoms. The van der Waals surface area contributed by atoms with Gasteiger partial charge in [0.2, 0.25) is 0 Å². The second-order valence-electron chi connectivity index (χ2n) is 6.62. The van der Waals surface area contributed by atoms with Gasteiger partial charge in [0, 0.05) is 4.88 Å². The van der Waals surface area contributed by atoms with E-state index in [4.69, 9.17) is 0 Å². The molecule has 0 aliphatic carbocycles. The third kappa shape index (κ3) is 6.89. The van der Waals surface area contributed by atoms with Gasteiger partial charge in [0.05, 0.1) is 14.2 Å². The molecule has 0 N–H and O–H groups in total. The highest BCUT2D eigenvalue weighted by atomic mass is 79.9. The lowest BCUT2D eigenvalue weighted by Crippen LogP contribution is -1.85. The Balaban J connectivity index is 1.66. The fraction of sp³-hybridized carbons (Fsp3) is 0.571. The number of thiophene rings is 2. The zero-order valence-corrected chi connectivity index (χ0v) is 18.4. The van der Waals surface area contributed by atoms with E-state index >= 15 is 0 Å². The van der Waals surface area contributed by atoms with Crippen molar-refractivity contribution >= 4 is 38.6 Å². The quantitative estimate of drug-likeness (QED) is 0.304. The molecule has 1 nitrogen and oxygen atoms in total. The van der Waals surface area contributed by atoms with Crippen molar-refractivity contribution in [3.63, 3.8) is 0 Å². The summed E-state index contributed by atoms with van der Waals surface area (Å²) in [6, 6.07) is 6.48. The molecule has 2 heterocycles. The molecule has 136 valence electrons. The van der Waals surface area contributed by atoms with Gasteiger partial charge < -0.3 is 0 Å². The van der Waals surface area contributed by atoms with Crippen LogP contribution in [0.15, 0.2) is 21.3 Å². The molecule has 0 atom stereocenters. The van der Waals surface area contributed by atoms with E-state index < -0.39 is 0 Å². The van der Waals surface area contributed by atoms with E-state index in [2.05, 4.69) is 35.0 Å². The van der Waals surface area contributed by atoms with Crippen LogP contribution in [0.5, 0.6) is 0 Å². The molecule has 2 rings (SSSR count). The Bertz CT molecular complexity index is 666. The van der Waals surface area contributed by atoms with Gasteiger partial charge >= 0.3 is 0 Å². The first-order valence-corrected chi connectivity index (χ1v) is 12.0. The lowest BCUT2D eigenvalue weighted by Gasteiger charge is -2.02. The highest BCUT2D eigenvalue weighted by Crippen LogP contribution is 2.39. The molecule has 0 unspecified atom stereocenters. The average Bonchev–Trinajstić information content (AvgIpc) is 3.23. The maximum Gasteiger partial charge on any atom is 0.101 e. The molecule has 2 aromatic rings. The SMILES string of the molecule is CCCCCCCCCCCCc1cc(-c2sccc2C#N)sc1Br. The summed E-state index contributed by atoms with van der Waals surface area (Å²) in [5, 5.41) is 11.2. The van der Waals surface area contributed by atoms with E-state index in [0.29, 0.717) is 0 Å². The van der Waals surface area contributed by atoms with E-state index in [1.807, 2.05) is 11.4 Å². The van der Waals surface area contributed by atoms with E-state index in [0.717, 1.165) is 16.9 Å². The molecule has 0 saturated heterocycles. The molecule has 0 aromatic carbocycles. The molecular weight excluding hydrogens is 410 g/mol. The van der Waals surface area contributed by atoms with Gasteiger partial charge in [-0.3, -0.25) is 0 Å². The molecule has 0 aliphatic rings. The first-order valence-electron chi connectivity index (χ1n) is 9.52. The minimum atomic E-state index is 0.796. The van der Waals surface area contributed by atoms with Crippen LogP contribution in [0.4, 0.5) is 0 Å². The predicted octanol–water partition coefficient (Wildman–Crippen LogP) is 8.57. The molecule has 4 heteroatoms. The van der Waals surface area contributed by atoms with Gasteiger partial charge in [-0.25, -0.2) is 0 Å². The Kier molecular flexibility index (Phi) is 9.83. The molecule has 0 amide bonds. The van der Waals surface area contributed by atoms with Crippen LogP contribution in [-0.2, 0) is 6.42 Å². The van der Waals surface area contributed by atoms with Crippen molar-refractivity contribution in [2.75, 3.05) is 0 Å². The number of aryl methyl sites for hydroxylation is 1. The summed E-state index contributed by atoms with van der Waals surface area (Å²) >= 11 is 7.13. The summed E-state index contributed by atoms with van der Waals surface area (Å²) in [5.74, 6) is 0. The number of unbranched alkanes of at least 4 members (excludes halogenated alkanes) is 9. The minimum Gasteiger partial charge on any atom is -0.192 e. The first-order chi connectivity index (χ1) is 12.3. The zero-order valence-electron chi connectivity index (χ0n) is 15.2.